The van der Waals surface area contributed by atoms with Crippen molar-refractivity contribution in [2.75, 3.05) is 26.2 Å². The molecule has 2 aromatic rings. The molecule has 1 heterocycles. The molecular weight excluding hydrogens is 392 g/mol. The van der Waals surface area contributed by atoms with Gasteiger partial charge in [0, 0.05) is 31.7 Å². The fourth-order valence-electron chi connectivity index (χ4n) is 4.42. The quantitative estimate of drug-likeness (QED) is 0.749. The third kappa shape index (κ3) is 4.33. The molecule has 3 aliphatic rings. The topological polar surface area (TPSA) is 73.2 Å². The number of carbonyl (C=O) groups excluding carboxylic acids is 1. The summed E-state index contributed by atoms with van der Waals surface area (Å²) in [5, 5.41) is 20.9. The van der Waals surface area contributed by atoms with E-state index in [2.05, 4.69) is 12.1 Å². The number of amides is 1. The van der Waals surface area contributed by atoms with Crippen molar-refractivity contribution < 1.29 is 19.7 Å². The van der Waals surface area contributed by atoms with Crippen molar-refractivity contribution in [2.24, 2.45) is 0 Å². The molecule has 164 valence electrons. The second kappa shape index (κ2) is 8.26. The van der Waals surface area contributed by atoms with E-state index in [-0.39, 0.29) is 5.91 Å². The molecule has 3 fully saturated rings. The van der Waals surface area contributed by atoms with Gasteiger partial charge in [-0.05, 0) is 67.5 Å². The van der Waals surface area contributed by atoms with Crippen LogP contribution in [0, 0.1) is 0 Å². The third-order valence-electron chi connectivity index (χ3n) is 6.77. The largest absolute Gasteiger partial charge is 0.490 e. The van der Waals surface area contributed by atoms with Crippen molar-refractivity contribution in [3.8, 4) is 16.9 Å². The van der Waals surface area contributed by atoms with E-state index >= 15 is 0 Å². The molecular formula is C25H30N2O4. The molecule has 2 N–H and O–H groups in total. The Hall–Kier alpha value is -2.41. The lowest BCUT2D eigenvalue weighted by Gasteiger charge is -2.47. The zero-order valence-electron chi connectivity index (χ0n) is 17.7. The van der Waals surface area contributed by atoms with Gasteiger partial charge in [0.05, 0.1) is 6.10 Å². The molecule has 5 rings (SSSR count). The lowest BCUT2D eigenvalue weighted by atomic mass is 9.78. The van der Waals surface area contributed by atoms with E-state index in [1.54, 1.807) is 0 Å². The van der Waals surface area contributed by atoms with Crippen LogP contribution in [0.4, 0.5) is 0 Å². The van der Waals surface area contributed by atoms with Gasteiger partial charge in [-0.3, -0.25) is 9.69 Å². The highest BCUT2D eigenvalue weighted by atomic mass is 16.5. The number of aliphatic hydroxyl groups is 2. The second-order valence-corrected chi connectivity index (χ2v) is 9.08. The number of benzene rings is 2. The van der Waals surface area contributed by atoms with Gasteiger partial charge in [0.2, 0.25) is 0 Å². The number of aliphatic hydroxyl groups excluding tert-OH is 1. The minimum Gasteiger partial charge on any atom is -0.490 e. The molecule has 1 aliphatic heterocycles. The summed E-state index contributed by atoms with van der Waals surface area (Å²) < 4.78 is 5.89. The van der Waals surface area contributed by atoms with E-state index < -0.39 is 11.8 Å². The molecule has 31 heavy (non-hydrogen) atoms. The second-order valence-electron chi connectivity index (χ2n) is 9.08. The predicted molar refractivity (Wildman–Crippen MR) is 118 cm³/mol. The van der Waals surface area contributed by atoms with Gasteiger partial charge in [-0.25, -0.2) is 0 Å². The maximum atomic E-state index is 12.9. The van der Waals surface area contributed by atoms with Crippen LogP contribution in [-0.4, -0.2) is 70.0 Å². The molecule has 1 saturated heterocycles. The molecule has 1 amide bonds. The highest BCUT2D eigenvalue weighted by Crippen LogP contribution is 2.36. The fourth-order valence-corrected chi connectivity index (χ4v) is 4.42. The summed E-state index contributed by atoms with van der Waals surface area (Å²) in [5.74, 6) is 0.903. The molecule has 0 bridgehead atoms. The summed E-state index contributed by atoms with van der Waals surface area (Å²) in [5.41, 5.74) is 1.83. The summed E-state index contributed by atoms with van der Waals surface area (Å²) >= 11 is 0. The first-order valence-electron chi connectivity index (χ1n) is 11.3. The first-order valence-corrected chi connectivity index (χ1v) is 11.3. The van der Waals surface area contributed by atoms with Crippen LogP contribution in [0.25, 0.3) is 11.1 Å². The van der Waals surface area contributed by atoms with Gasteiger partial charge in [0.15, 0.2) is 0 Å². The SMILES string of the molecule is O=C(c1ccc(-c2cccc(OC3CC3)c2)cc1)N1CCN(C(O)C2(O)CCC2)CC1. The fraction of sp³-hybridized carbons (Fsp3) is 0.480. The monoisotopic (exact) mass is 422 g/mol. The Morgan fingerprint density at radius 1 is 1.00 bits per heavy atom. The number of hydrogen-bond acceptors (Lipinski definition) is 5. The van der Waals surface area contributed by atoms with Crippen molar-refractivity contribution >= 4 is 5.91 Å². The summed E-state index contributed by atoms with van der Waals surface area (Å²) in [6, 6.07) is 15.8. The lowest BCUT2D eigenvalue weighted by Crippen LogP contribution is -2.61. The van der Waals surface area contributed by atoms with Gasteiger partial charge in [-0.2, -0.15) is 0 Å². The normalized spacial score (nSPS) is 21.9. The summed E-state index contributed by atoms with van der Waals surface area (Å²) in [4.78, 5) is 16.7. The molecule has 1 atom stereocenters. The molecule has 0 aromatic heterocycles. The number of rotatable bonds is 6. The Morgan fingerprint density at radius 2 is 1.71 bits per heavy atom. The molecule has 2 saturated carbocycles. The Bertz CT molecular complexity index is 929. The van der Waals surface area contributed by atoms with Crippen molar-refractivity contribution in [1.29, 1.82) is 0 Å². The number of carbonyl (C=O) groups is 1. The van der Waals surface area contributed by atoms with E-state index in [4.69, 9.17) is 4.74 Å². The zero-order valence-corrected chi connectivity index (χ0v) is 17.7. The highest BCUT2D eigenvalue weighted by molar-refractivity contribution is 5.94. The minimum atomic E-state index is -0.969. The Morgan fingerprint density at radius 3 is 2.32 bits per heavy atom. The van der Waals surface area contributed by atoms with Crippen LogP contribution >= 0.6 is 0 Å². The van der Waals surface area contributed by atoms with Gasteiger partial charge in [0.25, 0.3) is 5.91 Å². The lowest BCUT2D eigenvalue weighted by molar-refractivity contribution is -0.190. The van der Waals surface area contributed by atoms with Crippen molar-refractivity contribution in [2.45, 2.75) is 50.0 Å². The zero-order chi connectivity index (χ0) is 21.4. The molecule has 6 heteroatoms. The first-order chi connectivity index (χ1) is 15.0. The maximum absolute atomic E-state index is 12.9. The Balaban J connectivity index is 1.20. The smallest absolute Gasteiger partial charge is 0.253 e. The molecule has 2 aliphatic carbocycles. The Labute approximate surface area is 183 Å². The van der Waals surface area contributed by atoms with E-state index in [1.165, 1.54) is 0 Å². The maximum Gasteiger partial charge on any atom is 0.253 e. The van der Waals surface area contributed by atoms with Crippen molar-refractivity contribution in [3.63, 3.8) is 0 Å². The third-order valence-corrected chi connectivity index (χ3v) is 6.77. The Kier molecular flexibility index (Phi) is 5.46. The van der Waals surface area contributed by atoms with Crippen LogP contribution in [0.2, 0.25) is 0 Å². The van der Waals surface area contributed by atoms with E-state index in [9.17, 15) is 15.0 Å². The van der Waals surface area contributed by atoms with Crippen LogP contribution in [-0.2, 0) is 0 Å². The summed E-state index contributed by atoms with van der Waals surface area (Å²) in [6.45, 7) is 2.24. The molecule has 2 aromatic carbocycles. The average molecular weight is 423 g/mol. The number of piperazine rings is 1. The number of nitrogens with zero attached hydrogens (tertiary/aromatic N) is 2. The van der Waals surface area contributed by atoms with Crippen molar-refractivity contribution in [1.82, 2.24) is 9.80 Å². The molecule has 1 unspecified atom stereocenters. The summed E-state index contributed by atoms with van der Waals surface area (Å²) in [6.07, 6.45) is 4.06. The predicted octanol–water partition coefficient (Wildman–Crippen LogP) is 2.89. The van der Waals surface area contributed by atoms with Gasteiger partial charge >= 0.3 is 0 Å². The molecule has 0 spiro atoms. The standard InChI is InChI=1S/C25H30N2O4/c28-23(26-13-15-27(16-14-26)24(29)25(30)11-2-12-25)19-7-5-18(6-8-19)20-3-1-4-22(17-20)31-21-9-10-21/h1,3-8,17,21,24,29-30H,2,9-16H2. The van der Waals surface area contributed by atoms with E-state index in [1.807, 2.05) is 46.2 Å². The van der Waals surface area contributed by atoms with Crippen molar-refractivity contribution in [3.05, 3.63) is 54.1 Å². The minimum absolute atomic E-state index is 0.00821. The van der Waals surface area contributed by atoms with Gasteiger partial charge in [0.1, 0.15) is 17.6 Å². The van der Waals surface area contributed by atoms with Crippen LogP contribution in [0.5, 0.6) is 5.75 Å². The summed E-state index contributed by atoms with van der Waals surface area (Å²) in [7, 11) is 0. The number of ether oxygens (including phenoxy) is 1. The van der Waals surface area contributed by atoms with Gasteiger partial charge < -0.3 is 19.8 Å². The molecule has 0 radical (unpaired) electrons. The first kappa shape index (κ1) is 20.5. The highest BCUT2D eigenvalue weighted by Gasteiger charge is 2.45. The average Bonchev–Trinajstić information content (AvgIpc) is 3.61. The number of hydrogen-bond donors (Lipinski definition) is 2. The van der Waals surface area contributed by atoms with E-state index in [0.29, 0.717) is 50.7 Å². The van der Waals surface area contributed by atoms with Crippen LogP contribution in [0.15, 0.2) is 48.5 Å². The molecule has 6 nitrogen and oxygen atoms in total. The van der Waals surface area contributed by atoms with E-state index in [0.717, 1.165) is 36.1 Å². The van der Waals surface area contributed by atoms with Crippen LogP contribution in [0.3, 0.4) is 0 Å². The van der Waals surface area contributed by atoms with Gasteiger partial charge in [-0.1, -0.05) is 24.3 Å². The van der Waals surface area contributed by atoms with Crippen LogP contribution in [0.1, 0.15) is 42.5 Å². The van der Waals surface area contributed by atoms with Crippen LogP contribution < -0.4 is 4.74 Å². The van der Waals surface area contributed by atoms with Gasteiger partial charge in [-0.15, -0.1) is 0 Å².